The normalized spacial score (nSPS) is 16.9. The molecule has 0 unspecified atom stereocenters. The molecule has 6 nitrogen and oxygen atoms in total. The summed E-state index contributed by atoms with van der Waals surface area (Å²) in [5.41, 5.74) is 1.56. The number of rotatable bonds is 5. The van der Waals surface area contributed by atoms with E-state index in [0.717, 1.165) is 11.3 Å². The van der Waals surface area contributed by atoms with Gasteiger partial charge in [-0.25, -0.2) is 17.4 Å². The standard InChI is InChI=1S/C19H25N3O3S/c1-15(2)14-26(24,25)21-12-10-17(11-13-21)22-19(23)9-8-18(20-22)16-6-4-3-5-7-16/h3-9,15,17H,10-14H2,1-2H3. The Morgan fingerprint density at radius 2 is 1.73 bits per heavy atom. The predicted octanol–water partition coefficient (Wildman–Crippen LogP) is 2.53. The summed E-state index contributed by atoms with van der Waals surface area (Å²) in [6.45, 7) is 4.68. The Morgan fingerprint density at radius 1 is 1.08 bits per heavy atom. The molecule has 3 rings (SSSR count). The molecule has 0 saturated carbocycles. The van der Waals surface area contributed by atoms with Gasteiger partial charge in [0.25, 0.3) is 5.56 Å². The molecule has 2 heterocycles. The van der Waals surface area contributed by atoms with Crippen molar-refractivity contribution in [2.45, 2.75) is 32.7 Å². The second-order valence-corrected chi connectivity index (χ2v) is 9.18. The number of aromatic nitrogens is 2. The Kier molecular flexibility index (Phi) is 5.58. The van der Waals surface area contributed by atoms with Crippen molar-refractivity contribution in [1.82, 2.24) is 14.1 Å². The fourth-order valence-corrected chi connectivity index (χ4v) is 5.16. The molecule has 140 valence electrons. The molecule has 1 fully saturated rings. The first-order chi connectivity index (χ1) is 12.4. The maximum absolute atomic E-state index is 12.4. The van der Waals surface area contributed by atoms with Gasteiger partial charge in [0.05, 0.1) is 17.5 Å². The molecule has 0 bridgehead atoms. The summed E-state index contributed by atoms with van der Waals surface area (Å²) in [6, 6.07) is 12.9. The Balaban J connectivity index is 1.77. The van der Waals surface area contributed by atoms with E-state index in [0.29, 0.717) is 25.9 Å². The van der Waals surface area contributed by atoms with Gasteiger partial charge in [0.15, 0.2) is 0 Å². The van der Waals surface area contributed by atoms with Gasteiger partial charge in [0.2, 0.25) is 10.0 Å². The van der Waals surface area contributed by atoms with Gasteiger partial charge in [0, 0.05) is 24.7 Å². The Hall–Kier alpha value is -1.99. The molecule has 26 heavy (non-hydrogen) atoms. The molecule has 0 spiro atoms. The Labute approximate surface area is 154 Å². The molecule has 1 saturated heterocycles. The van der Waals surface area contributed by atoms with Crippen molar-refractivity contribution in [2.75, 3.05) is 18.8 Å². The van der Waals surface area contributed by atoms with Gasteiger partial charge in [0.1, 0.15) is 0 Å². The minimum atomic E-state index is -3.22. The number of hydrogen-bond acceptors (Lipinski definition) is 4. The lowest BCUT2D eigenvalue weighted by Gasteiger charge is -2.32. The molecular weight excluding hydrogens is 350 g/mol. The summed E-state index contributed by atoms with van der Waals surface area (Å²) >= 11 is 0. The summed E-state index contributed by atoms with van der Waals surface area (Å²) in [4.78, 5) is 12.3. The Morgan fingerprint density at radius 3 is 2.35 bits per heavy atom. The predicted molar refractivity (Wildman–Crippen MR) is 102 cm³/mol. The van der Waals surface area contributed by atoms with E-state index in [1.807, 2.05) is 44.2 Å². The second kappa shape index (κ2) is 7.72. The van der Waals surface area contributed by atoms with Crippen molar-refractivity contribution in [1.29, 1.82) is 0 Å². The summed E-state index contributed by atoms with van der Waals surface area (Å²) in [5.74, 6) is 0.267. The molecule has 0 atom stereocenters. The smallest absolute Gasteiger partial charge is 0.267 e. The Bertz CT molecular complexity index is 899. The first-order valence-corrected chi connectivity index (χ1v) is 10.6. The van der Waals surface area contributed by atoms with E-state index in [1.54, 1.807) is 10.4 Å². The zero-order valence-corrected chi connectivity index (χ0v) is 16.0. The molecule has 0 amide bonds. The van der Waals surface area contributed by atoms with E-state index in [1.165, 1.54) is 10.7 Å². The molecule has 0 N–H and O–H groups in total. The van der Waals surface area contributed by atoms with Crippen molar-refractivity contribution in [3.05, 3.63) is 52.8 Å². The third-order valence-electron chi connectivity index (χ3n) is 4.60. The fourth-order valence-electron chi connectivity index (χ4n) is 3.34. The molecule has 7 heteroatoms. The monoisotopic (exact) mass is 375 g/mol. The van der Waals surface area contributed by atoms with Gasteiger partial charge in [-0.1, -0.05) is 44.2 Å². The van der Waals surface area contributed by atoms with Crippen LogP contribution >= 0.6 is 0 Å². The van der Waals surface area contributed by atoms with Crippen LogP contribution in [0.5, 0.6) is 0 Å². The second-order valence-electron chi connectivity index (χ2n) is 7.17. The van der Waals surface area contributed by atoms with Gasteiger partial charge in [-0.05, 0) is 24.8 Å². The molecule has 0 radical (unpaired) electrons. The third kappa shape index (κ3) is 4.22. The zero-order chi connectivity index (χ0) is 18.7. The quantitative estimate of drug-likeness (QED) is 0.805. The van der Waals surface area contributed by atoms with Crippen LogP contribution in [0, 0.1) is 5.92 Å². The van der Waals surface area contributed by atoms with E-state index in [2.05, 4.69) is 5.10 Å². The van der Waals surface area contributed by atoms with Gasteiger partial charge >= 0.3 is 0 Å². The zero-order valence-electron chi connectivity index (χ0n) is 15.2. The minimum Gasteiger partial charge on any atom is -0.268 e. The van der Waals surface area contributed by atoms with Crippen molar-refractivity contribution in [2.24, 2.45) is 5.92 Å². The van der Waals surface area contributed by atoms with E-state index in [4.69, 9.17) is 0 Å². The van der Waals surface area contributed by atoms with Gasteiger partial charge in [-0.15, -0.1) is 0 Å². The molecular formula is C19H25N3O3S. The SMILES string of the molecule is CC(C)CS(=O)(=O)N1CCC(n2nc(-c3ccccc3)ccc2=O)CC1. The number of piperidine rings is 1. The van der Waals surface area contributed by atoms with Crippen LogP contribution in [0.1, 0.15) is 32.7 Å². The first kappa shape index (κ1) is 18.8. The van der Waals surface area contributed by atoms with Gasteiger partial charge < -0.3 is 0 Å². The number of sulfonamides is 1. The highest BCUT2D eigenvalue weighted by atomic mass is 32.2. The van der Waals surface area contributed by atoms with E-state index in [-0.39, 0.29) is 23.3 Å². The summed E-state index contributed by atoms with van der Waals surface area (Å²) in [6.07, 6.45) is 1.20. The topological polar surface area (TPSA) is 72.3 Å². The summed E-state index contributed by atoms with van der Waals surface area (Å²) in [5, 5.41) is 4.54. The van der Waals surface area contributed by atoms with Crippen molar-refractivity contribution in [3.63, 3.8) is 0 Å². The van der Waals surface area contributed by atoms with Crippen LogP contribution in [0.4, 0.5) is 0 Å². The fraction of sp³-hybridized carbons (Fsp3) is 0.474. The van der Waals surface area contributed by atoms with Gasteiger partial charge in [-0.2, -0.15) is 5.10 Å². The van der Waals surface area contributed by atoms with Crippen molar-refractivity contribution in [3.8, 4) is 11.3 Å². The molecule has 0 aliphatic carbocycles. The minimum absolute atomic E-state index is 0.0725. The lowest BCUT2D eigenvalue weighted by Crippen LogP contribution is -2.42. The average molecular weight is 375 g/mol. The van der Waals surface area contributed by atoms with Crippen LogP contribution in [-0.4, -0.2) is 41.3 Å². The molecule has 2 aromatic rings. The van der Waals surface area contributed by atoms with E-state index < -0.39 is 10.0 Å². The summed E-state index contributed by atoms with van der Waals surface area (Å²) < 4.78 is 27.8. The van der Waals surface area contributed by atoms with Crippen LogP contribution in [-0.2, 0) is 10.0 Å². The average Bonchev–Trinajstić information content (AvgIpc) is 2.62. The van der Waals surface area contributed by atoms with Crippen molar-refractivity contribution < 1.29 is 8.42 Å². The number of nitrogens with zero attached hydrogens (tertiary/aromatic N) is 3. The van der Waals surface area contributed by atoms with Crippen LogP contribution in [0.25, 0.3) is 11.3 Å². The largest absolute Gasteiger partial charge is 0.268 e. The number of benzene rings is 1. The van der Waals surface area contributed by atoms with Crippen LogP contribution in [0.15, 0.2) is 47.3 Å². The molecule has 1 aliphatic heterocycles. The lowest BCUT2D eigenvalue weighted by molar-refractivity contribution is 0.255. The van der Waals surface area contributed by atoms with E-state index in [9.17, 15) is 13.2 Å². The van der Waals surface area contributed by atoms with Crippen LogP contribution < -0.4 is 5.56 Å². The third-order valence-corrected chi connectivity index (χ3v) is 6.84. The molecule has 1 aliphatic rings. The highest BCUT2D eigenvalue weighted by Gasteiger charge is 2.30. The first-order valence-electron chi connectivity index (χ1n) is 9.00. The highest BCUT2D eigenvalue weighted by Crippen LogP contribution is 2.24. The summed E-state index contributed by atoms with van der Waals surface area (Å²) in [7, 11) is -3.22. The molecule has 1 aromatic carbocycles. The van der Waals surface area contributed by atoms with Crippen molar-refractivity contribution >= 4 is 10.0 Å². The maximum atomic E-state index is 12.4. The molecule has 1 aromatic heterocycles. The van der Waals surface area contributed by atoms with Crippen LogP contribution in [0.2, 0.25) is 0 Å². The number of hydrogen-bond donors (Lipinski definition) is 0. The maximum Gasteiger partial charge on any atom is 0.267 e. The lowest BCUT2D eigenvalue weighted by atomic mass is 10.1. The highest BCUT2D eigenvalue weighted by molar-refractivity contribution is 7.89. The van der Waals surface area contributed by atoms with Gasteiger partial charge in [-0.3, -0.25) is 4.79 Å². The van der Waals surface area contributed by atoms with E-state index >= 15 is 0 Å². The van der Waals surface area contributed by atoms with Crippen LogP contribution in [0.3, 0.4) is 0 Å².